The lowest BCUT2D eigenvalue weighted by molar-refractivity contribution is 0.0709. The predicted octanol–water partition coefficient (Wildman–Crippen LogP) is 2.43. The maximum Gasteiger partial charge on any atom is 0.256 e. The van der Waals surface area contributed by atoms with Crippen molar-refractivity contribution in [2.75, 3.05) is 0 Å². The summed E-state index contributed by atoms with van der Waals surface area (Å²) in [6.07, 6.45) is 6.71. The zero-order chi connectivity index (χ0) is 12.4. The third kappa shape index (κ3) is 2.23. The van der Waals surface area contributed by atoms with Gasteiger partial charge in [0.15, 0.2) is 0 Å². The van der Waals surface area contributed by atoms with E-state index in [4.69, 9.17) is 0 Å². The van der Waals surface area contributed by atoms with Gasteiger partial charge in [-0.1, -0.05) is 19.1 Å². The highest BCUT2D eigenvalue weighted by Crippen LogP contribution is 2.19. The SMILES string of the molecule is CCc1ccc(C(=O)N2C(C)C=CC2C)cn1. The Balaban J connectivity index is 2.19. The molecule has 17 heavy (non-hydrogen) atoms. The minimum atomic E-state index is 0.0603. The summed E-state index contributed by atoms with van der Waals surface area (Å²) in [7, 11) is 0. The molecule has 1 aromatic rings. The van der Waals surface area contributed by atoms with Crippen LogP contribution in [-0.2, 0) is 6.42 Å². The quantitative estimate of drug-likeness (QED) is 0.731. The van der Waals surface area contributed by atoms with E-state index in [0.29, 0.717) is 5.56 Å². The zero-order valence-electron chi connectivity index (χ0n) is 10.6. The van der Waals surface area contributed by atoms with E-state index in [1.807, 2.05) is 30.9 Å². The molecule has 1 aliphatic heterocycles. The number of pyridine rings is 1. The molecule has 2 atom stereocenters. The highest BCUT2D eigenvalue weighted by atomic mass is 16.2. The molecule has 0 radical (unpaired) electrons. The molecule has 2 heterocycles. The van der Waals surface area contributed by atoms with Crippen LogP contribution in [0.1, 0.15) is 36.8 Å². The molecule has 1 aliphatic rings. The van der Waals surface area contributed by atoms with Crippen LogP contribution in [0.2, 0.25) is 0 Å². The molecule has 1 amide bonds. The first kappa shape index (κ1) is 11.8. The smallest absolute Gasteiger partial charge is 0.256 e. The van der Waals surface area contributed by atoms with Crippen LogP contribution >= 0.6 is 0 Å². The van der Waals surface area contributed by atoms with Crippen LogP contribution < -0.4 is 0 Å². The van der Waals surface area contributed by atoms with Gasteiger partial charge in [0.05, 0.1) is 5.56 Å². The van der Waals surface area contributed by atoms with Crippen LogP contribution in [-0.4, -0.2) is 27.9 Å². The van der Waals surface area contributed by atoms with Gasteiger partial charge in [0, 0.05) is 24.0 Å². The summed E-state index contributed by atoms with van der Waals surface area (Å²) >= 11 is 0. The minimum absolute atomic E-state index is 0.0603. The normalized spacial score (nSPS) is 23.1. The molecule has 0 N–H and O–H groups in total. The molecule has 3 heteroatoms. The van der Waals surface area contributed by atoms with Gasteiger partial charge < -0.3 is 4.90 Å². The van der Waals surface area contributed by atoms with Crippen molar-refractivity contribution in [2.24, 2.45) is 0 Å². The zero-order valence-corrected chi connectivity index (χ0v) is 10.6. The van der Waals surface area contributed by atoms with E-state index in [2.05, 4.69) is 24.1 Å². The van der Waals surface area contributed by atoms with Crippen LogP contribution in [0, 0.1) is 0 Å². The molecule has 2 unspecified atom stereocenters. The number of hydrogen-bond donors (Lipinski definition) is 0. The topological polar surface area (TPSA) is 33.2 Å². The molecular weight excluding hydrogens is 212 g/mol. The number of carbonyl (C=O) groups excluding carboxylic acids is 1. The standard InChI is InChI=1S/C14H18N2O/c1-4-13-8-7-12(9-15-13)14(17)16-10(2)5-6-11(16)3/h5-11H,4H2,1-3H3. The monoisotopic (exact) mass is 230 g/mol. The summed E-state index contributed by atoms with van der Waals surface area (Å²) in [6, 6.07) is 4.13. The van der Waals surface area contributed by atoms with E-state index in [0.717, 1.165) is 12.1 Å². The molecule has 0 bridgehead atoms. The number of rotatable bonds is 2. The number of aromatic nitrogens is 1. The molecule has 2 rings (SSSR count). The van der Waals surface area contributed by atoms with E-state index in [1.54, 1.807) is 6.20 Å². The Labute approximate surface area is 102 Å². The Morgan fingerprint density at radius 1 is 1.29 bits per heavy atom. The average Bonchev–Trinajstić information content (AvgIpc) is 2.68. The lowest BCUT2D eigenvalue weighted by Crippen LogP contribution is -2.39. The van der Waals surface area contributed by atoms with Gasteiger partial charge in [0.25, 0.3) is 5.91 Å². The van der Waals surface area contributed by atoms with E-state index in [1.165, 1.54) is 0 Å². The number of hydrogen-bond acceptors (Lipinski definition) is 2. The van der Waals surface area contributed by atoms with Crippen LogP contribution in [0.4, 0.5) is 0 Å². The molecule has 1 aromatic heterocycles. The Kier molecular flexibility index (Phi) is 3.27. The van der Waals surface area contributed by atoms with E-state index in [-0.39, 0.29) is 18.0 Å². The average molecular weight is 230 g/mol. The predicted molar refractivity (Wildman–Crippen MR) is 67.8 cm³/mol. The highest BCUT2D eigenvalue weighted by molar-refractivity contribution is 5.94. The molecule has 0 aromatic carbocycles. The molecular formula is C14H18N2O. The summed E-state index contributed by atoms with van der Waals surface area (Å²) in [6.45, 7) is 6.12. The summed E-state index contributed by atoms with van der Waals surface area (Å²) in [5.41, 5.74) is 1.69. The Bertz CT molecular complexity index is 424. The van der Waals surface area contributed by atoms with E-state index >= 15 is 0 Å². The van der Waals surface area contributed by atoms with Crippen molar-refractivity contribution in [2.45, 2.75) is 39.3 Å². The van der Waals surface area contributed by atoms with Crippen molar-refractivity contribution in [3.8, 4) is 0 Å². The van der Waals surface area contributed by atoms with E-state index in [9.17, 15) is 4.79 Å². The Morgan fingerprint density at radius 3 is 2.41 bits per heavy atom. The number of aryl methyl sites for hydroxylation is 1. The second kappa shape index (κ2) is 4.70. The Morgan fingerprint density at radius 2 is 1.94 bits per heavy atom. The highest BCUT2D eigenvalue weighted by Gasteiger charge is 2.27. The molecule has 0 aliphatic carbocycles. The van der Waals surface area contributed by atoms with Gasteiger partial charge in [-0.25, -0.2) is 0 Å². The van der Waals surface area contributed by atoms with Crippen molar-refractivity contribution in [1.82, 2.24) is 9.88 Å². The lowest BCUT2D eigenvalue weighted by Gasteiger charge is -2.26. The van der Waals surface area contributed by atoms with Gasteiger partial charge in [-0.05, 0) is 32.4 Å². The second-order valence-corrected chi connectivity index (χ2v) is 4.47. The van der Waals surface area contributed by atoms with Gasteiger partial charge in [-0.3, -0.25) is 9.78 Å². The van der Waals surface area contributed by atoms with Gasteiger partial charge in [0.1, 0.15) is 0 Å². The largest absolute Gasteiger partial charge is 0.326 e. The number of amides is 1. The fourth-order valence-electron chi connectivity index (χ4n) is 2.16. The first-order valence-electron chi connectivity index (χ1n) is 6.09. The number of carbonyl (C=O) groups is 1. The molecule has 0 saturated heterocycles. The number of nitrogens with zero attached hydrogens (tertiary/aromatic N) is 2. The third-order valence-electron chi connectivity index (χ3n) is 3.21. The maximum atomic E-state index is 12.3. The first-order chi connectivity index (χ1) is 8.13. The molecule has 3 nitrogen and oxygen atoms in total. The van der Waals surface area contributed by atoms with Gasteiger partial charge in [0.2, 0.25) is 0 Å². The van der Waals surface area contributed by atoms with Crippen molar-refractivity contribution < 1.29 is 4.79 Å². The van der Waals surface area contributed by atoms with Crippen LogP contribution in [0.25, 0.3) is 0 Å². The summed E-state index contributed by atoms with van der Waals surface area (Å²) in [5.74, 6) is 0.0603. The van der Waals surface area contributed by atoms with Crippen molar-refractivity contribution in [1.29, 1.82) is 0 Å². The van der Waals surface area contributed by atoms with Gasteiger partial charge >= 0.3 is 0 Å². The Hall–Kier alpha value is -1.64. The summed E-state index contributed by atoms with van der Waals surface area (Å²) < 4.78 is 0. The lowest BCUT2D eigenvalue weighted by atomic mass is 10.2. The van der Waals surface area contributed by atoms with Gasteiger partial charge in [-0.15, -0.1) is 0 Å². The molecule has 0 spiro atoms. The fourth-order valence-corrected chi connectivity index (χ4v) is 2.16. The molecule has 90 valence electrons. The fraction of sp³-hybridized carbons (Fsp3) is 0.429. The summed E-state index contributed by atoms with van der Waals surface area (Å²) in [5, 5.41) is 0. The van der Waals surface area contributed by atoms with Crippen LogP contribution in [0.3, 0.4) is 0 Å². The van der Waals surface area contributed by atoms with Crippen molar-refractivity contribution in [3.63, 3.8) is 0 Å². The first-order valence-corrected chi connectivity index (χ1v) is 6.09. The molecule has 0 fully saturated rings. The maximum absolute atomic E-state index is 12.3. The third-order valence-corrected chi connectivity index (χ3v) is 3.21. The van der Waals surface area contributed by atoms with Crippen molar-refractivity contribution >= 4 is 5.91 Å². The van der Waals surface area contributed by atoms with Crippen molar-refractivity contribution in [3.05, 3.63) is 41.7 Å². The second-order valence-electron chi connectivity index (χ2n) is 4.47. The van der Waals surface area contributed by atoms with Crippen LogP contribution in [0.5, 0.6) is 0 Å². The minimum Gasteiger partial charge on any atom is -0.326 e. The molecule has 0 saturated carbocycles. The van der Waals surface area contributed by atoms with E-state index < -0.39 is 0 Å². The van der Waals surface area contributed by atoms with Crippen LogP contribution in [0.15, 0.2) is 30.5 Å². The summed E-state index contributed by atoms with van der Waals surface area (Å²) in [4.78, 5) is 18.5. The van der Waals surface area contributed by atoms with Gasteiger partial charge in [-0.2, -0.15) is 0 Å².